The van der Waals surface area contributed by atoms with Gasteiger partial charge < -0.3 is 11.1 Å². The number of nitrogens with two attached hydrogens (primary N) is 1. The highest BCUT2D eigenvalue weighted by molar-refractivity contribution is 5.94. The quantitative estimate of drug-likeness (QED) is 0.578. The normalized spacial score (nSPS) is 19.9. The van der Waals surface area contributed by atoms with Crippen molar-refractivity contribution in [3.8, 4) is 0 Å². The minimum Gasteiger partial charge on any atom is -0.351 e. The van der Waals surface area contributed by atoms with Crippen LogP contribution in [0.4, 0.5) is 4.79 Å². The predicted octanol–water partition coefficient (Wildman–Crippen LogP) is 0.127. The molecule has 1 atom stereocenters. The van der Waals surface area contributed by atoms with Crippen LogP contribution in [0, 0.1) is 5.92 Å². The van der Waals surface area contributed by atoms with Crippen LogP contribution in [0.5, 0.6) is 0 Å². The van der Waals surface area contributed by atoms with E-state index in [1.807, 2.05) is 5.32 Å². The number of hydrogen-bond donors (Lipinski definition) is 3. The number of allylic oxidation sites excluding steroid dienone is 2. The number of carbonyl (C=O) groups is 2. The lowest BCUT2D eigenvalue weighted by Crippen LogP contribution is -2.41. The third-order valence-electron chi connectivity index (χ3n) is 2.36. The molecule has 5 heteroatoms. The number of primary amides is 1. The van der Waals surface area contributed by atoms with Crippen LogP contribution < -0.4 is 16.4 Å². The highest BCUT2D eigenvalue weighted by atomic mass is 16.2. The van der Waals surface area contributed by atoms with Gasteiger partial charge in [0.2, 0.25) is 5.91 Å². The van der Waals surface area contributed by atoms with Crippen LogP contribution in [0.25, 0.3) is 0 Å². The second-order valence-electron chi connectivity index (χ2n) is 3.69. The monoisotopic (exact) mass is 211 g/mol. The molecule has 0 radical (unpaired) electrons. The van der Waals surface area contributed by atoms with Gasteiger partial charge in [0.25, 0.3) is 0 Å². The Kier molecular flexibility index (Phi) is 4.83. The third-order valence-corrected chi connectivity index (χ3v) is 2.36. The molecule has 3 amide bonds. The number of amides is 3. The first-order valence-electron chi connectivity index (χ1n) is 5.13. The lowest BCUT2D eigenvalue weighted by Gasteiger charge is -2.17. The molecule has 0 fully saturated rings. The number of rotatable bonds is 4. The van der Waals surface area contributed by atoms with Crippen LogP contribution in [0.15, 0.2) is 12.2 Å². The Morgan fingerprint density at radius 1 is 1.40 bits per heavy atom. The van der Waals surface area contributed by atoms with Gasteiger partial charge in [-0.25, -0.2) is 4.79 Å². The van der Waals surface area contributed by atoms with Crippen molar-refractivity contribution in [2.75, 3.05) is 13.1 Å². The summed E-state index contributed by atoms with van der Waals surface area (Å²) in [6.07, 6.45) is 7.67. The second kappa shape index (κ2) is 6.19. The van der Waals surface area contributed by atoms with Gasteiger partial charge in [0, 0.05) is 0 Å². The first kappa shape index (κ1) is 11.7. The standard InChI is InChI=1S/C10H17N3O2/c11-10(15)13-9(14)7-12-6-8-4-2-1-3-5-8/h1-2,8,12H,3-7H2,(H3,11,13,14,15). The minimum absolute atomic E-state index is 0.142. The molecule has 4 N–H and O–H groups in total. The summed E-state index contributed by atoms with van der Waals surface area (Å²) < 4.78 is 0. The van der Waals surface area contributed by atoms with Gasteiger partial charge >= 0.3 is 6.03 Å². The van der Waals surface area contributed by atoms with Crippen LogP contribution in [0.1, 0.15) is 19.3 Å². The van der Waals surface area contributed by atoms with Crippen molar-refractivity contribution in [3.63, 3.8) is 0 Å². The van der Waals surface area contributed by atoms with Crippen molar-refractivity contribution in [3.05, 3.63) is 12.2 Å². The number of urea groups is 1. The molecule has 0 heterocycles. The van der Waals surface area contributed by atoms with E-state index in [0.29, 0.717) is 5.92 Å². The average Bonchev–Trinajstić information content (AvgIpc) is 2.18. The number of hydrogen-bond acceptors (Lipinski definition) is 3. The average molecular weight is 211 g/mol. The summed E-state index contributed by atoms with van der Waals surface area (Å²) in [6.45, 7) is 0.944. The van der Waals surface area contributed by atoms with Crippen LogP contribution in [0.2, 0.25) is 0 Å². The number of carbonyl (C=O) groups excluding carboxylic acids is 2. The van der Waals surface area contributed by atoms with Gasteiger partial charge in [-0.1, -0.05) is 12.2 Å². The van der Waals surface area contributed by atoms with E-state index in [9.17, 15) is 9.59 Å². The van der Waals surface area contributed by atoms with E-state index < -0.39 is 6.03 Å². The topological polar surface area (TPSA) is 84.2 Å². The maximum Gasteiger partial charge on any atom is 0.318 e. The molecule has 0 aromatic heterocycles. The summed E-state index contributed by atoms with van der Waals surface area (Å²) in [5.41, 5.74) is 4.80. The van der Waals surface area contributed by atoms with E-state index in [4.69, 9.17) is 5.73 Å². The van der Waals surface area contributed by atoms with Gasteiger partial charge in [-0.2, -0.15) is 0 Å². The summed E-state index contributed by atoms with van der Waals surface area (Å²) in [5, 5.41) is 5.01. The Morgan fingerprint density at radius 2 is 2.20 bits per heavy atom. The predicted molar refractivity (Wildman–Crippen MR) is 57.1 cm³/mol. The van der Waals surface area contributed by atoms with Crippen LogP contribution in [-0.2, 0) is 4.79 Å². The fourth-order valence-electron chi connectivity index (χ4n) is 1.61. The van der Waals surface area contributed by atoms with Crippen molar-refractivity contribution in [2.24, 2.45) is 11.7 Å². The third kappa shape index (κ3) is 5.17. The van der Waals surface area contributed by atoms with Crippen LogP contribution in [-0.4, -0.2) is 25.0 Å². The van der Waals surface area contributed by atoms with Gasteiger partial charge in [-0.15, -0.1) is 0 Å². The molecule has 5 nitrogen and oxygen atoms in total. The Balaban J connectivity index is 2.07. The molecule has 0 saturated heterocycles. The van der Waals surface area contributed by atoms with Crippen molar-refractivity contribution in [2.45, 2.75) is 19.3 Å². The molecule has 0 spiro atoms. The van der Waals surface area contributed by atoms with Gasteiger partial charge in [-0.05, 0) is 31.7 Å². The molecule has 1 aliphatic carbocycles. The summed E-state index contributed by atoms with van der Waals surface area (Å²) in [4.78, 5) is 21.3. The molecular weight excluding hydrogens is 194 g/mol. The molecule has 0 aliphatic heterocycles. The summed E-state index contributed by atoms with van der Waals surface area (Å²) in [6, 6.07) is -0.803. The van der Waals surface area contributed by atoms with E-state index in [0.717, 1.165) is 25.8 Å². The van der Waals surface area contributed by atoms with Gasteiger partial charge in [-0.3, -0.25) is 10.1 Å². The van der Waals surface area contributed by atoms with Crippen LogP contribution in [0.3, 0.4) is 0 Å². The molecule has 84 valence electrons. The highest BCUT2D eigenvalue weighted by Crippen LogP contribution is 2.16. The zero-order valence-electron chi connectivity index (χ0n) is 8.66. The molecular formula is C10H17N3O2. The SMILES string of the molecule is NC(=O)NC(=O)CNCC1CC=CCC1. The van der Waals surface area contributed by atoms with E-state index in [1.165, 1.54) is 0 Å². The maximum absolute atomic E-state index is 11.0. The summed E-state index contributed by atoms with van der Waals surface area (Å²) in [5.74, 6) is 0.213. The van der Waals surface area contributed by atoms with Gasteiger partial charge in [0.1, 0.15) is 0 Å². The largest absolute Gasteiger partial charge is 0.351 e. The lowest BCUT2D eigenvalue weighted by molar-refractivity contribution is -0.119. The minimum atomic E-state index is -0.803. The second-order valence-corrected chi connectivity index (χ2v) is 3.69. The Bertz CT molecular complexity index is 263. The van der Waals surface area contributed by atoms with E-state index in [2.05, 4.69) is 17.5 Å². The molecule has 0 aromatic rings. The molecule has 0 bridgehead atoms. The summed E-state index contributed by atoms with van der Waals surface area (Å²) >= 11 is 0. The van der Waals surface area contributed by atoms with Crippen molar-refractivity contribution >= 4 is 11.9 Å². The van der Waals surface area contributed by atoms with Crippen molar-refractivity contribution in [1.29, 1.82) is 0 Å². The fraction of sp³-hybridized carbons (Fsp3) is 0.600. The van der Waals surface area contributed by atoms with E-state index in [-0.39, 0.29) is 12.5 Å². The Labute approximate surface area is 89.1 Å². The first-order valence-corrected chi connectivity index (χ1v) is 5.13. The molecule has 15 heavy (non-hydrogen) atoms. The number of nitrogens with one attached hydrogen (secondary N) is 2. The Morgan fingerprint density at radius 3 is 2.80 bits per heavy atom. The number of imide groups is 1. The fourth-order valence-corrected chi connectivity index (χ4v) is 1.61. The van der Waals surface area contributed by atoms with Crippen LogP contribution >= 0.6 is 0 Å². The zero-order chi connectivity index (χ0) is 11.1. The van der Waals surface area contributed by atoms with E-state index >= 15 is 0 Å². The smallest absolute Gasteiger partial charge is 0.318 e. The zero-order valence-corrected chi connectivity index (χ0v) is 8.66. The summed E-state index contributed by atoms with van der Waals surface area (Å²) in [7, 11) is 0. The first-order chi connectivity index (χ1) is 7.18. The molecule has 0 saturated carbocycles. The molecule has 1 unspecified atom stereocenters. The molecule has 1 rings (SSSR count). The van der Waals surface area contributed by atoms with E-state index in [1.54, 1.807) is 0 Å². The van der Waals surface area contributed by atoms with Crippen molar-refractivity contribution in [1.82, 2.24) is 10.6 Å². The lowest BCUT2D eigenvalue weighted by atomic mass is 9.94. The highest BCUT2D eigenvalue weighted by Gasteiger charge is 2.10. The molecule has 1 aliphatic rings. The Hall–Kier alpha value is -1.36. The van der Waals surface area contributed by atoms with Gasteiger partial charge in [0.05, 0.1) is 6.54 Å². The van der Waals surface area contributed by atoms with Crippen molar-refractivity contribution < 1.29 is 9.59 Å². The van der Waals surface area contributed by atoms with Gasteiger partial charge in [0.15, 0.2) is 0 Å². The maximum atomic E-state index is 11.0. The molecule has 0 aromatic carbocycles.